The molecule has 3 fully saturated rings. The van der Waals surface area contributed by atoms with Crippen LogP contribution in [-0.4, -0.2) is 77.6 Å². The topological polar surface area (TPSA) is 85.6 Å². The van der Waals surface area contributed by atoms with Gasteiger partial charge in [-0.25, -0.2) is 8.78 Å². The molecule has 4 aliphatic rings. The number of nitriles is 1. The average molecular weight is 585 g/mol. The molecule has 2 saturated heterocycles. The fraction of sp³-hybridized carbons (Fsp3) is 0.455. The van der Waals surface area contributed by atoms with Crippen molar-refractivity contribution in [2.45, 2.75) is 50.1 Å². The number of ether oxygens (including phenoxy) is 1. The number of carbonyl (C=O) groups excluding carboxylic acids is 1. The lowest BCUT2D eigenvalue weighted by atomic mass is 9.93. The van der Waals surface area contributed by atoms with Crippen LogP contribution in [0.1, 0.15) is 42.7 Å². The van der Waals surface area contributed by atoms with Crippen molar-refractivity contribution in [1.29, 1.82) is 5.26 Å². The van der Waals surface area contributed by atoms with Crippen molar-refractivity contribution in [1.82, 2.24) is 19.8 Å². The molecule has 2 aliphatic heterocycles. The third-order valence-electron chi connectivity index (χ3n) is 9.76. The second-order valence-electron chi connectivity index (χ2n) is 12.2. The number of benzene rings is 2. The summed E-state index contributed by atoms with van der Waals surface area (Å²) in [5, 5.41) is 10.0. The van der Waals surface area contributed by atoms with Gasteiger partial charge in [0.15, 0.2) is 5.82 Å². The first-order chi connectivity index (χ1) is 20.9. The average Bonchev–Trinajstić information content (AvgIpc) is 3.47. The standard InChI is InChI=1S/C33H34F2N6O2/c1-3-28(42)41-14-13-40(17-20(41)10-11-36)32-24-7-6-23(22-8-9-27(34)29-25-15-19(25)16-26(22)29)30(35)31(24)37-33(38-32)43-18-21-5-4-12-39(21)2/h3,6-9,19-21,25H,1,4-5,10,12-18H2,2H3/t19-,20-,21-,25-/m0/s1. The Bertz CT molecular complexity index is 1670. The van der Waals surface area contributed by atoms with Gasteiger partial charge in [-0.05, 0) is 86.0 Å². The summed E-state index contributed by atoms with van der Waals surface area (Å²) >= 11 is 0. The van der Waals surface area contributed by atoms with E-state index in [1.807, 2.05) is 11.0 Å². The van der Waals surface area contributed by atoms with E-state index in [9.17, 15) is 14.4 Å². The summed E-state index contributed by atoms with van der Waals surface area (Å²) in [4.78, 5) is 27.7. The fourth-order valence-corrected chi connectivity index (χ4v) is 7.33. The SMILES string of the molecule is C=CC(=O)N1CCN(c2nc(OC[C@@H]3CCCN3C)nc3c(F)c(-c4ccc(F)c5c4C[C@@H]4C[C@H]54)ccc23)C[C@@H]1CC#N. The summed E-state index contributed by atoms with van der Waals surface area (Å²) in [6.07, 6.45) is 5.26. The van der Waals surface area contributed by atoms with E-state index in [2.05, 4.69) is 29.6 Å². The number of aromatic nitrogens is 2. The van der Waals surface area contributed by atoms with Crippen LogP contribution >= 0.6 is 0 Å². The number of rotatable bonds is 7. The van der Waals surface area contributed by atoms with E-state index in [4.69, 9.17) is 9.72 Å². The molecular weight excluding hydrogens is 550 g/mol. The van der Waals surface area contributed by atoms with Crippen LogP contribution in [0.5, 0.6) is 6.01 Å². The molecule has 3 aromatic rings. The van der Waals surface area contributed by atoms with Gasteiger partial charge in [0.2, 0.25) is 5.91 Å². The van der Waals surface area contributed by atoms with Crippen molar-refractivity contribution in [2.75, 3.05) is 44.7 Å². The maximum Gasteiger partial charge on any atom is 0.319 e. The minimum atomic E-state index is -0.493. The Morgan fingerprint density at radius 1 is 1.16 bits per heavy atom. The van der Waals surface area contributed by atoms with Gasteiger partial charge in [-0.3, -0.25) is 4.79 Å². The summed E-state index contributed by atoms with van der Waals surface area (Å²) in [7, 11) is 2.06. The Morgan fingerprint density at radius 3 is 2.77 bits per heavy atom. The highest BCUT2D eigenvalue weighted by Gasteiger charge is 2.47. The van der Waals surface area contributed by atoms with Gasteiger partial charge in [0.1, 0.15) is 23.8 Å². The predicted octanol–water partition coefficient (Wildman–Crippen LogP) is 4.82. The van der Waals surface area contributed by atoms with Gasteiger partial charge < -0.3 is 19.4 Å². The van der Waals surface area contributed by atoms with Crippen molar-refractivity contribution < 1.29 is 18.3 Å². The van der Waals surface area contributed by atoms with Crippen LogP contribution < -0.4 is 9.64 Å². The van der Waals surface area contributed by atoms with Crippen LogP contribution in [-0.2, 0) is 11.2 Å². The fourth-order valence-electron chi connectivity index (χ4n) is 7.33. The summed E-state index contributed by atoms with van der Waals surface area (Å²) in [6, 6.07) is 8.82. The lowest BCUT2D eigenvalue weighted by molar-refractivity contribution is -0.128. The number of likely N-dealkylation sites (N-methyl/N-ethyl adjacent to an activating group) is 1. The van der Waals surface area contributed by atoms with Crippen molar-refractivity contribution in [3.05, 3.63) is 59.7 Å². The number of carbonyl (C=O) groups is 1. The number of halogens is 2. The molecule has 1 saturated carbocycles. The summed E-state index contributed by atoms with van der Waals surface area (Å²) in [5.74, 6) is 0.274. The highest BCUT2D eigenvalue weighted by molar-refractivity contribution is 5.94. The number of hydrogen-bond donors (Lipinski definition) is 0. The smallest absolute Gasteiger partial charge is 0.319 e. The third-order valence-corrected chi connectivity index (χ3v) is 9.76. The van der Waals surface area contributed by atoms with Gasteiger partial charge in [0, 0.05) is 36.6 Å². The molecule has 7 rings (SSSR count). The summed E-state index contributed by atoms with van der Waals surface area (Å²) in [6.45, 7) is 6.14. The molecule has 10 heteroatoms. The van der Waals surface area contributed by atoms with Crippen molar-refractivity contribution in [2.24, 2.45) is 5.92 Å². The van der Waals surface area contributed by atoms with Crippen molar-refractivity contribution in [3.8, 4) is 23.2 Å². The lowest BCUT2D eigenvalue weighted by Crippen LogP contribution is -2.55. The molecule has 4 atom stereocenters. The molecule has 0 radical (unpaired) electrons. The summed E-state index contributed by atoms with van der Waals surface area (Å²) < 4.78 is 37.5. The van der Waals surface area contributed by atoms with Crippen LogP contribution in [0.15, 0.2) is 36.9 Å². The number of amides is 1. The Labute approximate surface area is 249 Å². The molecule has 0 bridgehead atoms. The van der Waals surface area contributed by atoms with Crippen LogP contribution in [0.3, 0.4) is 0 Å². The second kappa shape index (κ2) is 10.9. The molecule has 1 amide bonds. The zero-order chi connectivity index (χ0) is 29.8. The lowest BCUT2D eigenvalue weighted by Gasteiger charge is -2.41. The molecule has 0 unspecified atom stereocenters. The largest absolute Gasteiger partial charge is 0.462 e. The number of anilines is 1. The molecule has 222 valence electrons. The molecule has 1 aromatic heterocycles. The van der Waals surface area contributed by atoms with Crippen molar-refractivity contribution in [3.63, 3.8) is 0 Å². The minimum Gasteiger partial charge on any atom is -0.462 e. The molecular formula is C33H34F2N6O2. The van der Waals surface area contributed by atoms with Crippen LogP contribution in [0.2, 0.25) is 0 Å². The van der Waals surface area contributed by atoms with Gasteiger partial charge >= 0.3 is 6.01 Å². The van der Waals surface area contributed by atoms with E-state index in [1.54, 1.807) is 17.0 Å². The minimum absolute atomic E-state index is 0.0888. The number of piperazine rings is 1. The highest BCUT2D eigenvalue weighted by atomic mass is 19.1. The first-order valence-electron chi connectivity index (χ1n) is 15.1. The first-order valence-corrected chi connectivity index (χ1v) is 15.1. The maximum atomic E-state index is 16.6. The Balaban J connectivity index is 1.30. The van der Waals surface area contributed by atoms with E-state index >= 15 is 4.39 Å². The van der Waals surface area contributed by atoms with Gasteiger partial charge in [-0.1, -0.05) is 18.7 Å². The zero-order valence-corrected chi connectivity index (χ0v) is 24.2. The number of likely N-dealkylation sites (tertiary alicyclic amines) is 1. The van der Waals surface area contributed by atoms with E-state index in [1.165, 1.54) is 12.1 Å². The van der Waals surface area contributed by atoms with Gasteiger partial charge in [0.25, 0.3) is 0 Å². The van der Waals surface area contributed by atoms with Gasteiger partial charge in [-0.2, -0.15) is 15.2 Å². The number of nitrogens with zero attached hydrogens (tertiary/aromatic N) is 6. The monoisotopic (exact) mass is 584 g/mol. The molecule has 0 N–H and O–H groups in total. The van der Waals surface area contributed by atoms with Gasteiger partial charge in [-0.15, -0.1) is 0 Å². The predicted molar refractivity (Wildman–Crippen MR) is 159 cm³/mol. The molecule has 0 spiro atoms. The van der Waals surface area contributed by atoms with E-state index < -0.39 is 5.82 Å². The molecule has 2 aliphatic carbocycles. The molecule has 3 heterocycles. The second-order valence-corrected chi connectivity index (χ2v) is 12.2. The molecule has 8 nitrogen and oxygen atoms in total. The zero-order valence-electron chi connectivity index (χ0n) is 24.2. The Morgan fingerprint density at radius 2 is 2.00 bits per heavy atom. The Kier molecular flexibility index (Phi) is 7.01. The highest BCUT2D eigenvalue weighted by Crippen LogP contribution is 2.58. The van der Waals surface area contributed by atoms with Gasteiger partial charge in [0.05, 0.1) is 18.5 Å². The van der Waals surface area contributed by atoms with E-state index in [0.717, 1.165) is 43.4 Å². The number of hydrogen-bond acceptors (Lipinski definition) is 7. The normalized spacial score (nSPS) is 24.5. The quantitative estimate of drug-likeness (QED) is 0.368. The van der Waals surface area contributed by atoms with E-state index in [0.29, 0.717) is 54.5 Å². The van der Waals surface area contributed by atoms with Crippen LogP contribution in [0, 0.1) is 28.9 Å². The maximum absolute atomic E-state index is 16.6. The number of fused-ring (bicyclic) bond motifs is 4. The van der Waals surface area contributed by atoms with Crippen LogP contribution in [0.4, 0.5) is 14.6 Å². The third kappa shape index (κ3) is 4.80. The van der Waals surface area contributed by atoms with Crippen molar-refractivity contribution >= 4 is 22.6 Å². The van der Waals surface area contributed by atoms with E-state index in [-0.39, 0.29) is 47.7 Å². The Hall–Kier alpha value is -4.10. The molecule has 2 aromatic carbocycles. The van der Waals surface area contributed by atoms with Crippen LogP contribution in [0.25, 0.3) is 22.0 Å². The molecule has 43 heavy (non-hydrogen) atoms. The first kappa shape index (κ1) is 27.7. The summed E-state index contributed by atoms with van der Waals surface area (Å²) in [5.41, 5.74) is 2.88.